The van der Waals surface area contributed by atoms with Crippen molar-refractivity contribution in [3.63, 3.8) is 0 Å². The van der Waals surface area contributed by atoms with E-state index in [0.717, 1.165) is 11.2 Å². The van der Waals surface area contributed by atoms with Crippen LogP contribution in [-0.4, -0.2) is 24.7 Å². The number of hydrogen-bond donors (Lipinski definition) is 0. The third kappa shape index (κ3) is 5.18. The third-order valence-electron chi connectivity index (χ3n) is 4.29. The molecule has 1 aromatic rings. The van der Waals surface area contributed by atoms with Gasteiger partial charge in [0.25, 0.3) is 0 Å². The third-order valence-corrected chi connectivity index (χ3v) is 23.6. The van der Waals surface area contributed by atoms with E-state index in [0.29, 0.717) is 0 Å². The molecule has 0 bridgehead atoms. The van der Waals surface area contributed by atoms with Gasteiger partial charge >= 0.3 is 133 Å². The van der Waals surface area contributed by atoms with Gasteiger partial charge < -0.3 is 0 Å². The molecule has 0 fully saturated rings. The molecule has 0 aliphatic rings. The second-order valence-electron chi connectivity index (χ2n) is 5.91. The van der Waals surface area contributed by atoms with Crippen LogP contribution in [0, 0.1) is 0 Å². The average Bonchev–Trinajstić information content (AvgIpc) is 2.96. The first-order valence-corrected chi connectivity index (χ1v) is 16.6. The van der Waals surface area contributed by atoms with Crippen LogP contribution in [0.2, 0.25) is 13.3 Å². The van der Waals surface area contributed by atoms with E-state index in [1.54, 1.807) is 2.89 Å². The predicted molar refractivity (Wildman–Crippen MR) is 94.2 cm³/mol. The van der Waals surface area contributed by atoms with E-state index in [1.807, 2.05) is 11.3 Å². The summed E-state index contributed by atoms with van der Waals surface area (Å²) in [5.41, 5.74) is 0. The van der Waals surface area contributed by atoms with Gasteiger partial charge in [0.15, 0.2) is 0 Å². The molecule has 0 aromatic carbocycles. The topological polar surface area (TPSA) is 17.1 Å². The van der Waals surface area contributed by atoms with Gasteiger partial charge in [-0.15, -0.1) is 0 Å². The number of carbonyl (C=O) groups excluding carboxylic acids is 1. The van der Waals surface area contributed by atoms with Crippen molar-refractivity contribution in [2.75, 3.05) is 0 Å². The van der Waals surface area contributed by atoms with Crippen molar-refractivity contribution >= 4 is 38.9 Å². The fraction of sp³-hybridized carbons (Fsp3) is 0.706. The Bertz CT molecular complexity index is 364. The average molecular weight is 401 g/mol. The van der Waals surface area contributed by atoms with Crippen LogP contribution in [0.5, 0.6) is 0 Å². The molecule has 114 valence electrons. The molecule has 0 radical (unpaired) electrons. The van der Waals surface area contributed by atoms with Gasteiger partial charge in [-0.25, -0.2) is 0 Å². The molecular weight excluding hydrogens is 371 g/mol. The summed E-state index contributed by atoms with van der Waals surface area (Å²) < 4.78 is 6.13. The predicted octanol–water partition coefficient (Wildman–Crippen LogP) is 5.62. The van der Waals surface area contributed by atoms with Gasteiger partial charge in [-0.1, -0.05) is 0 Å². The minimum absolute atomic E-state index is 0.936. The maximum absolute atomic E-state index is 11.0. The molecule has 0 saturated carbocycles. The van der Waals surface area contributed by atoms with Crippen molar-refractivity contribution in [1.82, 2.24) is 0 Å². The van der Waals surface area contributed by atoms with Gasteiger partial charge in [0.2, 0.25) is 0 Å². The van der Waals surface area contributed by atoms with Gasteiger partial charge in [0, 0.05) is 0 Å². The molecule has 0 atom stereocenters. The Balaban J connectivity index is 3.00. The number of hydrogen-bond acceptors (Lipinski definition) is 2. The number of rotatable bonds is 11. The second kappa shape index (κ2) is 9.99. The van der Waals surface area contributed by atoms with Gasteiger partial charge in [0.1, 0.15) is 0 Å². The molecule has 0 spiro atoms. The van der Waals surface area contributed by atoms with Crippen molar-refractivity contribution < 1.29 is 4.79 Å². The molecule has 0 N–H and O–H groups in total. The fourth-order valence-electron chi connectivity index (χ4n) is 2.99. The second-order valence-corrected chi connectivity index (χ2v) is 21.2. The standard InChI is InChI=1S/C5H3OS.3C4H9.Sn/c6-4-5-2-1-3-7-5;3*1-3-4-2;/h1-2,4H;3*1,3-4H2,2H3;. The molecule has 0 unspecified atom stereocenters. The van der Waals surface area contributed by atoms with E-state index < -0.39 is 18.4 Å². The van der Waals surface area contributed by atoms with Crippen molar-refractivity contribution in [3.8, 4) is 0 Å². The van der Waals surface area contributed by atoms with E-state index in [1.165, 1.54) is 51.8 Å². The van der Waals surface area contributed by atoms with Crippen LogP contribution in [-0.2, 0) is 0 Å². The van der Waals surface area contributed by atoms with E-state index in [9.17, 15) is 4.79 Å². The molecule has 1 nitrogen and oxygen atoms in total. The van der Waals surface area contributed by atoms with Crippen molar-refractivity contribution in [2.45, 2.75) is 72.6 Å². The van der Waals surface area contributed by atoms with Gasteiger partial charge in [-0.2, -0.15) is 0 Å². The minimum atomic E-state index is -2.24. The first kappa shape index (κ1) is 18.2. The molecule has 0 saturated heterocycles. The zero-order valence-electron chi connectivity index (χ0n) is 13.4. The van der Waals surface area contributed by atoms with E-state index in [2.05, 4.69) is 32.9 Å². The van der Waals surface area contributed by atoms with Crippen molar-refractivity contribution in [2.24, 2.45) is 0 Å². The summed E-state index contributed by atoms with van der Waals surface area (Å²) in [4.78, 5) is 12.0. The Kier molecular flexibility index (Phi) is 9.10. The molecule has 0 amide bonds. The zero-order chi connectivity index (χ0) is 14.8. The molecule has 20 heavy (non-hydrogen) atoms. The fourth-order valence-corrected chi connectivity index (χ4v) is 23.0. The van der Waals surface area contributed by atoms with Crippen LogP contribution in [0.4, 0.5) is 0 Å². The summed E-state index contributed by atoms with van der Waals surface area (Å²) in [5.74, 6) is 0. The summed E-state index contributed by atoms with van der Waals surface area (Å²) in [5, 5.41) is 0. The van der Waals surface area contributed by atoms with Gasteiger partial charge in [-0.3, -0.25) is 0 Å². The molecule has 1 rings (SSSR count). The quantitative estimate of drug-likeness (QED) is 0.348. The molecular formula is C17H30OSSn. The first-order valence-electron chi connectivity index (χ1n) is 8.28. The molecule has 3 heteroatoms. The van der Waals surface area contributed by atoms with Crippen LogP contribution >= 0.6 is 11.3 Å². The Morgan fingerprint density at radius 3 is 1.80 bits per heavy atom. The SMILES string of the molecule is CCC[CH2][Sn]([CH2]CCC)([CH2]CCC)[c]1ccc(C=O)s1. The molecule has 1 aromatic heterocycles. The van der Waals surface area contributed by atoms with Crippen LogP contribution in [0.25, 0.3) is 0 Å². The number of thiophene rings is 1. The molecule has 1 heterocycles. The number of aldehydes is 1. The number of carbonyl (C=O) groups is 1. The Hall–Kier alpha value is 0.169. The van der Waals surface area contributed by atoms with Crippen molar-refractivity contribution in [3.05, 3.63) is 17.0 Å². The van der Waals surface area contributed by atoms with Crippen LogP contribution in [0.3, 0.4) is 0 Å². The summed E-state index contributed by atoms with van der Waals surface area (Å²) >= 11 is -0.423. The summed E-state index contributed by atoms with van der Waals surface area (Å²) in [7, 11) is 0. The van der Waals surface area contributed by atoms with Crippen LogP contribution in [0.15, 0.2) is 12.1 Å². The van der Waals surface area contributed by atoms with Crippen LogP contribution in [0.1, 0.15) is 69.0 Å². The summed E-state index contributed by atoms with van der Waals surface area (Å²) in [6.07, 6.45) is 9.12. The van der Waals surface area contributed by atoms with Crippen LogP contribution < -0.4 is 2.89 Å². The van der Waals surface area contributed by atoms with Gasteiger partial charge in [0.05, 0.1) is 0 Å². The van der Waals surface area contributed by atoms with Crippen molar-refractivity contribution in [1.29, 1.82) is 0 Å². The van der Waals surface area contributed by atoms with E-state index in [-0.39, 0.29) is 0 Å². The van der Waals surface area contributed by atoms with E-state index >= 15 is 0 Å². The molecule has 0 aliphatic heterocycles. The summed E-state index contributed by atoms with van der Waals surface area (Å²) in [6, 6.07) is 4.37. The Labute approximate surface area is 133 Å². The molecule has 0 aliphatic carbocycles. The van der Waals surface area contributed by atoms with E-state index in [4.69, 9.17) is 0 Å². The summed E-state index contributed by atoms with van der Waals surface area (Å²) in [6.45, 7) is 6.92. The first-order chi connectivity index (χ1) is 9.72. The van der Waals surface area contributed by atoms with Gasteiger partial charge in [-0.05, 0) is 0 Å². The maximum atomic E-state index is 11.0. The monoisotopic (exact) mass is 402 g/mol. The Morgan fingerprint density at radius 2 is 1.45 bits per heavy atom. The number of unbranched alkanes of at least 4 members (excludes halogenated alkanes) is 3. The normalized spacial score (nSPS) is 11.8. The Morgan fingerprint density at radius 1 is 0.950 bits per heavy atom. The zero-order valence-corrected chi connectivity index (χ0v) is 17.1.